The Morgan fingerprint density at radius 2 is 2.00 bits per heavy atom. The van der Waals surface area contributed by atoms with Gasteiger partial charge >= 0.3 is 6.03 Å². The fourth-order valence-corrected chi connectivity index (χ4v) is 3.25. The Labute approximate surface area is 169 Å². The predicted molar refractivity (Wildman–Crippen MR) is 108 cm³/mol. The Hall–Kier alpha value is -2.05. The number of rotatable bonds is 4. The maximum Gasteiger partial charge on any atom is 0.318 e. The largest absolute Gasteiger partial charge is 0.352 e. The molecule has 0 saturated heterocycles. The van der Waals surface area contributed by atoms with E-state index in [9.17, 15) is 4.79 Å². The van der Waals surface area contributed by atoms with Crippen molar-refractivity contribution in [3.8, 4) is 0 Å². The Balaban J connectivity index is 1.67. The van der Waals surface area contributed by atoms with Gasteiger partial charge in [0, 0.05) is 18.8 Å². The maximum absolute atomic E-state index is 12.7. The van der Waals surface area contributed by atoms with E-state index in [1.165, 1.54) is 0 Å². The molecule has 0 bridgehead atoms. The van der Waals surface area contributed by atoms with Crippen LogP contribution in [0.25, 0.3) is 0 Å². The molecule has 0 aliphatic carbocycles. The summed E-state index contributed by atoms with van der Waals surface area (Å²) in [6, 6.07) is 5.31. The van der Waals surface area contributed by atoms with E-state index in [1.54, 1.807) is 17.0 Å². The number of amides is 2. The Kier molecular flexibility index (Phi) is 6.07. The number of nitrogens with zero attached hydrogens (tertiary/aromatic N) is 3. The molecule has 0 spiro atoms. The number of nitrogens with one attached hydrogen (secondary N) is 2. The highest BCUT2D eigenvalue weighted by molar-refractivity contribution is 6.42. The minimum atomic E-state index is -0.183. The first-order valence-corrected chi connectivity index (χ1v) is 9.70. The number of halogens is 2. The van der Waals surface area contributed by atoms with Gasteiger partial charge in [-0.1, -0.05) is 29.3 Å². The zero-order valence-electron chi connectivity index (χ0n) is 15.6. The van der Waals surface area contributed by atoms with Gasteiger partial charge in [-0.05, 0) is 50.5 Å². The third-order valence-electron chi connectivity index (χ3n) is 4.43. The second-order valence-corrected chi connectivity index (χ2v) is 7.80. The summed E-state index contributed by atoms with van der Waals surface area (Å²) in [7, 11) is 0. The van der Waals surface area contributed by atoms with E-state index in [1.807, 2.05) is 33.0 Å². The van der Waals surface area contributed by atoms with Gasteiger partial charge in [0.25, 0.3) is 0 Å². The van der Waals surface area contributed by atoms with Gasteiger partial charge in [-0.25, -0.2) is 14.8 Å². The summed E-state index contributed by atoms with van der Waals surface area (Å²) in [6.45, 7) is 7.08. The minimum Gasteiger partial charge on any atom is -0.352 e. The number of anilines is 1. The quantitative estimate of drug-likeness (QED) is 0.785. The van der Waals surface area contributed by atoms with Crippen molar-refractivity contribution in [2.24, 2.45) is 0 Å². The van der Waals surface area contributed by atoms with E-state index in [2.05, 4.69) is 20.6 Å². The summed E-state index contributed by atoms with van der Waals surface area (Å²) in [5.74, 6) is 0.593. The van der Waals surface area contributed by atoms with Crippen LogP contribution in [0.4, 0.5) is 10.7 Å². The molecule has 1 aliphatic rings. The molecule has 144 valence electrons. The summed E-state index contributed by atoms with van der Waals surface area (Å²) in [5.41, 5.74) is 2.88. The number of carbonyl (C=O) groups is 1. The van der Waals surface area contributed by atoms with Gasteiger partial charge in [0.2, 0.25) is 5.95 Å². The number of urea groups is 1. The normalized spacial score (nSPS) is 14.7. The fourth-order valence-electron chi connectivity index (χ4n) is 2.95. The summed E-state index contributed by atoms with van der Waals surface area (Å²) in [4.78, 5) is 23.4. The van der Waals surface area contributed by atoms with Crippen molar-refractivity contribution < 1.29 is 4.79 Å². The summed E-state index contributed by atoms with van der Waals surface area (Å²) in [6.07, 6.45) is 2.59. The molecule has 1 atom stereocenters. The molecule has 0 saturated carbocycles. The monoisotopic (exact) mass is 407 g/mol. The molecular weight excluding hydrogens is 385 g/mol. The number of aromatic nitrogens is 2. The van der Waals surface area contributed by atoms with Crippen molar-refractivity contribution in [1.82, 2.24) is 20.2 Å². The second-order valence-electron chi connectivity index (χ2n) is 6.98. The van der Waals surface area contributed by atoms with Gasteiger partial charge < -0.3 is 15.5 Å². The fraction of sp³-hybridized carbons (Fsp3) is 0.421. The van der Waals surface area contributed by atoms with Crippen LogP contribution in [0.2, 0.25) is 10.0 Å². The highest BCUT2D eigenvalue weighted by Crippen LogP contribution is 2.26. The number of fused-ring (bicyclic) bond motifs is 1. The lowest BCUT2D eigenvalue weighted by molar-refractivity contribution is 0.188. The Bertz CT molecular complexity index is 843. The Morgan fingerprint density at radius 1 is 1.22 bits per heavy atom. The van der Waals surface area contributed by atoms with Crippen LogP contribution in [0.1, 0.15) is 43.6 Å². The molecule has 1 aliphatic heterocycles. The van der Waals surface area contributed by atoms with Crippen molar-refractivity contribution in [3.05, 3.63) is 51.3 Å². The number of hydrogen-bond donors (Lipinski definition) is 2. The van der Waals surface area contributed by atoms with E-state index in [0.717, 1.165) is 23.2 Å². The van der Waals surface area contributed by atoms with Crippen LogP contribution >= 0.6 is 23.2 Å². The van der Waals surface area contributed by atoms with E-state index >= 15 is 0 Å². The molecule has 1 aromatic heterocycles. The highest BCUT2D eigenvalue weighted by Gasteiger charge is 2.24. The zero-order valence-corrected chi connectivity index (χ0v) is 17.1. The SMILES string of the molecule is CC(C)Nc1ncc2c(n1)CN(C(=O)N[C@H](C)c1ccc(Cl)c(Cl)c1)CC2. The minimum absolute atomic E-state index is 0.129. The van der Waals surface area contributed by atoms with Crippen LogP contribution < -0.4 is 10.6 Å². The molecule has 3 rings (SSSR count). The molecule has 1 aromatic carbocycles. The Morgan fingerprint density at radius 3 is 2.70 bits per heavy atom. The van der Waals surface area contributed by atoms with Crippen LogP contribution in [0.3, 0.4) is 0 Å². The van der Waals surface area contributed by atoms with Crippen molar-refractivity contribution >= 4 is 35.2 Å². The summed E-state index contributed by atoms with van der Waals surface area (Å²) >= 11 is 12.0. The second kappa shape index (κ2) is 8.31. The standard InChI is InChI=1S/C19H23Cl2N5O/c1-11(2)23-18-22-9-14-6-7-26(10-17(14)25-18)19(27)24-12(3)13-4-5-15(20)16(21)8-13/h4-5,8-9,11-12H,6-7,10H2,1-3H3,(H,24,27)(H,22,23,25)/t12-/m1/s1. The third kappa shape index (κ3) is 4.82. The first-order chi connectivity index (χ1) is 12.8. The molecule has 8 heteroatoms. The van der Waals surface area contributed by atoms with Crippen molar-refractivity contribution in [3.63, 3.8) is 0 Å². The van der Waals surface area contributed by atoms with E-state index < -0.39 is 0 Å². The average molecular weight is 408 g/mol. The van der Waals surface area contributed by atoms with E-state index in [4.69, 9.17) is 23.2 Å². The molecule has 0 unspecified atom stereocenters. The third-order valence-corrected chi connectivity index (χ3v) is 5.17. The van der Waals surface area contributed by atoms with E-state index in [-0.39, 0.29) is 18.1 Å². The van der Waals surface area contributed by atoms with E-state index in [0.29, 0.717) is 29.1 Å². The van der Waals surface area contributed by atoms with Gasteiger partial charge in [-0.3, -0.25) is 0 Å². The highest BCUT2D eigenvalue weighted by atomic mass is 35.5. The number of carbonyl (C=O) groups excluding carboxylic acids is 1. The first-order valence-electron chi connectivity index (χ1n) is 8.95. The van der Waals surface area contributed by atoms with Gasteiger partial charge in [0.15, 0.2) is 0 Å². The topological polar surface area (TPSA) is 70.2 Å². The molecule has 2 N–H and O–H groups in total. The van der Waals surface area contributed by atoms with Gasteiger partial charge in [-0.2, -0.15) is 0 Å². The molecular formula is C19H23Cl2N5O. The lowest BCUT2D eigenvalue weighted by Gasteiger charge is -2.29. The lowest BCUT2D eigenvalue weighted by atomic mass is 10.1. The zero-order chi connectivity index (χ0) is 19.6. The van der Waals surface area contributed by atoms with Gasteiger partial charge in [0.1, 0.15) is 0 Å². The van der Waals surface area contributed by atoms with Crippen LogP contribution in [0, 0.1) is 0 Å². The molecule has 6 nitrogen and oxygen atoms in total. The van der Waals surface area contributed by atoms with Gasteiger partial charge in [-0.15, -0.1) is 0 Å². The number of hydrogen-bond acceptors (Lipinski definition) is 4. The van der Waals surface area contributed by atoms with Crippen molar-refractivity contribution in [2.75, 3.05) is 11.9 Å². The van der Waals surface area contributed by atoms with Crippen molar-refractivity contribution in [1.29, 1.82) is 0 Å². The molecule has 27 heavy (non-hydrogen) atoms. The number of benzene rings is 1. The maximum atomic E-state index is 12.7. The van der Waals surface area contributed by atoms with Crippen LogP contribution in [0.15, 0.2) is 24.4 Å². The summed E-state index contributed by atoms with van der Waals surface area (Å²) in [5, 5.41) is 7.19. The molecule has 2 amide bonds. The van der Waals surface area contributed by atoms with Crippen LogP contribution in [-0.4, -0.2) is 33.5 Å². The molecule has 2 heterocycles. The van der Waals surface area contributed by atoms with Gasteiger partial charge in [0.05, 0.1) is 28.3 Å². The molecule has 2 aromatic rings. The smallest absolute Gasteiger partial charge is 0.318 e. The molecule has 0 fully saturated rings. The predicted octanol–water partition coefficient (Wildman–Crippen LogP) is 4.43. The summed E-state index contributed by atoms with van der Waals surface area (Å²) < 4.78 is 0. The molecule has 0 radical (unpaired) electrons. The average Bonchev–Trinajstić information content (AvgIpc) is 2.62. The lowest BCUT2D eigenvalue weighted by Crippen LogP contribution is -2.44. The van der Waals surface area contributed by atoms with Crippen molar-refractivity contribution in [2.45, 2.75) is 45.8 Å². The van der Waals surface area contributed by atoms with Crippen LogP contribution in [-0.2, 0) is 13.0 Å². The van der Waals surface area contributed by atoms with Crippen LogP contribution in [0.5, 0.6) is 0 Å². The first kappa shape index (κ1) is 19.7.